The van der Waals surface area contributed by atoms with Gasteiger partial charge in [-0.15, -0.1) is 0 Å². The first-order valence-corrected chi connectivity index (χ1v) is 10.0. The van der Waals surface area contributed by atoms with E-state index >= 15 is 0 Å². The van der Waals surface area contributed by atoms with Crippen LogP contribution < -0.4 is 0 Å². The highest BCUT2D eigenvalue weighted by Gasteiger charge is 2.20. The van der Waals surface area contributed by atoms with Crippen LogP contribution >= 0.6 is 0 Å². The zero-order valence-corrected chi connectivity index (χ0v) is 16.9. The Balaban J connectivity index is 2.47. The summed E-state index contributed by atoms with van der Waals surface area (Å²) in [5, 5.41) is 10.2. The summed E-state index contributed by atoms with van der Waals surface area (Å²) in [6, 6.07) is 0. The van der Waals surface area contributed by atoms with E-state index in [-0.39, 0.29) is 17.7 Å². The lowest BCUT2D eigenvalue weighted by Crippen LogP contribution is -2.10. The Labute approximate surface area is 163 Å². The van der Waals surface area contributed by atoms with Gasteiger partial charge in [0.1, 0.15) is 0 Å². The molecule has 0 fully saturated rings. The fourth-order valence-corrected chi connectivity index (χ4v) is 3.11. The van der Waals surface area contributed by atoms with Crippen molar-refractivity contribution in [2.75, 3.05) is 7.11 Å². The van der Waals surface area contributed by atoms with Gasteiger partial charge in [-0.05, 0) is 37.7 Å². The number of esters is 1. The van der Waals surface area contributed by atoms with Crippen LogP contribution in [0.3, 0.4) is 0 Å². The van der Waals surface area contributed by atoms with Gasteiger partial charge < -0.3 is 9.84 Å². The number of ether oxygens (including phenoxy) is 1. The standard InChI is InChI=1S/C23H34O4/c1-4-5-10-18(2)17-20(24)15-13-19-14-16-22(25)21(19)11-8-6-7-9-12-23(26)27-3/h9,11-16,18-20,24H,4-8,10,17H2,1-3H3/b12-9+,15-13+,21-11-. The average Bonchev–Trinajstić information content (AvgIpc) is 3.00. The fraction of sp³-hybridized carbons (Fsp3) is 0.565. The van der Waals surface area contributed by atoms with Gasteiger partial charge in [0, 0.05) is 17.6 Å². The number of aliphatic hydroxyl groups is 1. The summed E-state index contributed by atoms with van der Waals surface area (Å²) in [5.74, 6) is 0.138. The van der Waals surface area contributed by atoms with Crippen molar-refractivity contribution in [1.82, 2.24) is 0 Å². The summed E-state index contributed by atoms with van der Waals surface area (Å²) in [6.07, 6.45) is 18.6. The molecule has 0 saturated carbocycles. The molecular weight excluding hydrogens is 340 g/mol. The van der Waals surface area contributed by atoms with Gasteiger partial charge >= 0.3 is 5.97 Å². The van der Waals surface area contributed by atoms with Crippen LogP contribution in [0.5, 0.6) is 0 Å². The third kappa shape index (κ3) is 9.53. The molecule has 3 unspecified atom stereocenters. The van der Waals surface area contributed by atoms with Crippen LogP contribution in [0.1, 0.15) is 58.8 Å². The summed E-state index contributed by atoms with van der Waals surface area (Å²) in [6.45, 7) is 4.35. The van der Waals surface area contributed by atoms with Gasteiger partial charge in [-0.1, -0.05) is 63.5 Å². The number of carbonyl (C=O) groups excluding carboxylic acids is 2. The molecule has 0 amide bonds. The highest BCUT2D eigenvalue weighted by molar-refractivity contribution is 6.07. The third-order valence-electron chi connectivity index (χ3n) is 4.73. The molecule has 0 heterocycles. The molecule has 0 spiro atoms. The van der Waals surface area contributed by atoms with Crippen LogP contribution in [0, 0.1) is 11.8 Å². The number of carbonyl (C=O) groups is 2. The zero-order valence-electron chi connectivity index (χ0n) is 16.9. The highest BCUT2D eigenvalue weighted by Crippen LogP contribution is 2.25. The molecule has 4 heteroatoms. The van der Waals surface area contributed by atoms with Crippen molar-refractivity contribution in [3.63, 3.8) is 0 Å². The van der Waals surface area contributed by atoms with Crippen molar-refractivity contribution in [2.45, 2.75) is 64.9 Å². The smallest absolute Gasteiger partial charge is 0.330 e. The molecule has 0 aromatic heterocycles. The maximum absolute atomic E-state index is 12.0. The molecule has 4 nitrogen and oxygen atoms in total. The number of ketones is 1. The number of allylic oxidation sites excluding steroid dienone is 6. The first-order valence-electron chi connectivity index (χ1n) is 10.0. The number of rotatable bonds is 12. The number of hydrogen-bond donors (Lipinski definition) is 1. The van der Waals surface area contributed by atoms with Crippen LogP contribution in [-0.2, 0) is 14.3 Å². The van der Waals surface area contributed by atoms with Gasteiger partial charge in [0.05, 0.1) is 13.2 Å². The van der Waals surface area contributed by atoms with Crippen LogP contribution in [0.25, 0.3) is 0 Å². The Hall–Kier alpha value is -1.94. The minimum Gasteiger partial charge on any atom is -0.466 e. The van der Waals surface area contributed by atoms with Gasteiger partial charge in [-0.3, -0.25) is 4.79 Å². The molecule has 1 aliphatic rings. The summed E-state index contributed by atoms with van der Waals surface area (Å²) in [4.78, 5) is 23.0. The predicted octanol–water partition coefficient (Wildman–Crippen LogP) is 4.70. The number of unbranched alkanes of at least 4 members (excludes halogenated alkanes) is 3. The lowest BCUT2D eigenvalue weighted by atomic mass is 9.95. The van der Waals surface area contributed by atoms with Crippen molar-refractivity contribution in [1.29, 1.82) is 0 Å². The lowest BCUT2D eigenvalue weighted by molar-refractivity contribution is -0.134. The molecule has 0 radical (unpaired) electrons. The molecule has 1 N–H and O–H groups in total. The van der Waals surface area contributed by atoms with Gasteiger partial charge in [0.25, 0.3) is 0 Å². The molecule has 1 aliphatic carbocycles. The molecule has 0 aromatic rings. The van der Waals surface area contributed by atoms with Crippen molar-refractivity contribution >= 4 is 11.8 Å². The average molecular weight is 375 g/mol. The largest absolute Gasteiger partial charge is 0.466 e. The first-order chi connectivity index (χ1) is 13.0. The van der Waals surface area contributed by atoms with Crippen molar-refractivity contribution in [3.8, 4) is 0 Å². The SMILES string of the molecule is CCCCC(C)CC(O)/C=C/C1C=CC(=O)/C1=C\CCC/C=C/C(=O)OC. The second kappa shape index (κ2) is 13.3. The van der Waals surface area contributed by atoms with E-state index in [4.69, 9.17) is 0 Å². The Morgan fingerprint density at radius 2 is 2.11 bits per heavy atom. The topological polar surface area (TPSA) is 63.6 Å². The second-order valence-corrected chi connectivity index (χ2v) is 7.20. The molecule has 0 bridgehead atoms. The fourth-order valence-electron chi connectivity index (χ4n) is 3.11. The lowest BCUT2D eigenvalue weighted by Gasteiger charge is -2.14. The van der Waals surface area contributed by atoms with Crippen molar-refractivity contribution in [2.24, 2.45) is 11.8 Å². The summed E-state index contributed by atoms with van der Waals surface area (Å²) in [5.41, 5.74) is 0.773. The van der Waals surface area contributed by atoms with E-state index in [0.29, 0.717) is 5.92 Å². The summed E-state index contributed by atoms with van der Waals surface area (Å²) >= 11 is 0. The van der Waals surface area contributed by atoms with E-state index in [0.717, 1.165) is 37.7 Å². The number of methoxy groups -OCH3 is 1. The van der Waals surface area contributed by atoms with E-state index < -0.39 is 6.10 Å². The number of hydrogen-bond acceptors (Lipinski definition) is 4. The molecule has 0 aliphatic heterocycles. The normalized spacial score (nSPS) is 20.8. The summed E-state index contributed by atoms with van der Waals surface area (Å²) in [7, 11) is 1.35. The van der Waals surface area contributed by atoms with E-state index in [9.17, 15) is 14.7 Å². The molecule has 1 rings (SSSR count). The van der Waals surface area contributed by atoms with E-state index in [2.05, 4.69) is 18.6 Å². The van der Waals surface area contributed by atoms with Crippen molar-refractivity contribution in [3.05, 3.63) is 48.1 Å². The van der Waals surface area contributed by atoms with Crippen molar-refractivity contribution < 1.29 is 19.4 Å². The molecule has 27 heavy (non-hydrogen) atoms. The van der Waals surface area contributed by atoms with Crippen LogP contribution in [0.4, 0.5) is 0 Å². The van der Waals surface area contributed by atoms with Gasteiger partial charge in [-0.2, -0.15) is 0 Å². The quantitative estimate of drug-likeness (QED) is 0.233. The van der Waals surface area contributed by atoms with Gasteiger partial charge in [0.2, 0.25) is 0 Å². The molecule has 0 aromatic carbocycles. The van der Waals surface area contributed by atoms with E-state index in [1.807, 2.05) is 24.3 Å². The minimum absolute atomic E-state index is 0.0422. The highest BCUT2D eigenvalue weighted by atomic mass is 16.5. The Kier molecular flexibility index (Phi) is 11.3. The Morgan fingerprint density at radius 1 is 1.33 bits per heavy atom. The van der Waals surface area contributed by atoms with E-state index in [1.54, 1.807) is 12.2 Å². The molecule has 150 valence electrons. The van der Waals surface area contributed by atoms with Gasteiger partial charge in [0.15, 0.2) is 5.78 Å². The minimum atomic E-state index is -0.467. The van der Waals surface area contributed by atoms with E-state index in [1.165, 1.54) is 26.0 Å². The van der Waals surface area contributed by atoms with Crippen LogP contribution in [0.15, 0.2) is 48.1 Å². The molecule has 0 saturated heterocycles. The van der Waals surface area contributed by atoms with Crippen LogP contribution in [-0.4, -0.2) is 30.1 Å². The molecule has 3 atom stereocenters. The second-order valence-electron chi connectivity index (χ2n) is 7.20. The van der Waals surface area contributed by atoms with Crippen LogP contribution in [0.2, 0.25) is 0 Å². The molecular formula is C23H34O4. The third-order valence-corrected chi connectivity index (χ3v) is 4.73. The Morgan fingerprint density at radius 3 is 2.81 bits per heavy atom. The number of aliphatic hydroxyl groups excluding tert-OH is 1. The Bertz CT molecular complexity index is 583. The zero-order chi connectivity index (χ0) is 20.1. The summed E-state index contributed by atoms with van der Waals surface area (Å²) < 4.78 is 4.54. The monoisotopic (exact) mass is 374 g/mol. The maximum atomic E-state index is 12.0. The maximum Gasteiger partial charge on any atom is 0.330 e. The van der Waals surface area contributed by atoms with Gasteiger partial charge in [-0.25, -0.2) is 4.79 Å². The predicted molar refractivity (Wildman–Crippen MR) is 109 cm³/mol. The first kappa shape index (κ1) is 23.1.